The van der Waals surface area contributed by atoms with Gasteiger partial charge in [-0.25, -0.2) is 9.79 Å². The van der Waals surface area contributed by atoms with Gasteiger partial charge in [-0.05, 0) is 66.0 Å². The van der Waals surface area contributed by atoms with Crippen LogP contribution in [0.5, 0.6) is 5.75 Å². The Labute approximate surface area is 267 Å². The van der Waals surface area contributed by atoms with Gasteiger partial charge in [0.05, 0.1) is 37.8 Å². The van der Waals surface area contributed by atoms with E-state index in [1.165, 1.54) is 10.6 Å². The molecule has 0 saturated carbocycles. The Balaban J connectivity index is 1.69. The second-order valence-electron chi connectivity index (χ2n) is 9.69. The fourth-order valence-corrected chi connectivity index (χ4v) is 7.22. The van der Waals surface area contributed by atoms with Crippen LogP contribution in [0, 0.1) is 17.0 Å². The van der Waals surface area contributed by atoms with Crippen LogP contribution < -0.4 is 19.6 Å². The number of rotatable bonds is 8. The highest BCUT2D eigenvalue weighted by Gasteiger charge is 2.34. The summed E-state index contributed by atoms with van der Waals surface area (Å²) in [6.07, 6.45) is 1.72. The van der Waals surface area contributed by atoms with E-state index < -0.39 is 22.5 Å². The normalized spacial score (nSPS) is 14.7. The highest BCUT2D eigenvalue weighted by molar-refractivity contribution is 9.11. The lowest BCUT2D eigenvalue weighted by Gasteiger charge is -2.24. The summed E-state index contributed by atoms with van der Waals surface area (Å²) in [6.45, 7) is 5.41. The van der Waals surface area contributed by atoms with Crippen molar-refractivity contribution < 1.29 is 19.2 Å². The molecule has 0 aliphatic carbocycles. The molecule has 0 radical (unpaired) electrons. The van der Waals surface area contributed by atoms with Crippen LogP contribution in [0.4, 0.5) is 5.69 Å². The van der Waals surface area contributed by atoms with E-state index >= 15 is 0 Å². The van der Waals surface area contributed by atoms with E-state index in [9.17, 15) is 19.7 Å². The number of nitro groups is 1. The van der Waals surface area contributed by atoms with Crippen molar-refractivity contribution in [2.75, 3.05) is 6.61 Å². The van der Waals surface area contributed by atoms with E-state index in [1.807, 2.05) is 42.5 Å². The minimum absolute atomic E-state index is 0.114. The predicted molar refractivity (Wildman–Crippen MR) is 171 cm³/mol. The van der Waals surface area contributed by atoms with Gasteiger partial charge in [-0.2, -0.15) is 0 Å². The first-order valence-corrected chi connectivity index (χ1v) is 15.6. The average Bonchev–Trinajstić information content (AvgIpc) is 3.26. The smallest absolute Gasteiger partial charge is 0.338 e. The summed E-state index contributed by atoms with van der Waals surface area (Å²) < 4.78 is 14.7. The number of nitrogens with zero attached hydrogens (tertiary/aromatic N) is 3. The molecule has 220 valence electrons. The molecule has 5 rings (SSSR count). The molecule has 3 aromatic carbocycles. The van der Waals surface area contributed by atoms with E-state index in [0.717, 1.165) is 21.4 Å². The first-order chi connectivity index (χ1) is 20.6. The van der Waals surface area contributed by atoms with Crippen LogP contribution in [0.3, 0.4) is 0 Å². The number of fused-ring (bicyclic) bond motifs is 1. The molecule has 0 bridgehead atoms. The largest absolute Gasteiger partial charge is 0.487 e. The van der Waals surface area contributed by atoms with Crippen LogP contribution in [-0.4, -0.2) is 22.1 Å². The minimum Gasteiger partial charge on any atom is -0.487 e. The standard InChI is InChI=1S/C31H25Br2N3O6S/c1-4-41-30(38)26-18(3)34-31-35(27(26)20-11-10-17(2)24(13-20)36(39)40)29(37)25(43-31)14-21-12-22(32)15-23(33)28(21)42-16-19-8-6-5-7-9-19/h5-15,27H,4,16H2,1-3H3/b25-14+/t27-/m1/s1. The Morgan fingerprint density at radius 2 is 1.88 bits per heavy atom. The summed E-state index contributed by atoms with van der Waals surface area (Å²) in [6, 6.07) is 17.1. The lowest BCUT2D eigenvalue weighted by molar-refractivity contribution is -0.385. The maximum Gasteiger partial charge on any atom is 0.338 e. The Kier molecular flexibility index (Phi) is 9.09. The number of aryl methyl sites for hydroxylation is 1. The molecule has 9 nitrogen and oxygen atoms in total. The number of esters is 1. The number of hydrogen-bond donors (Lipinski definition) is 0. The van der Waals surface area contributed by atoms with Crippen molar-refractivity contribution in [1.82, 2.24) is 4.57 Å². The van der Waals surface area contributed by atoms with Crippen molar-refractivity contribution in [3.8, 4) is 5.75 Å². The molecule has 0 N–H and O–H groups in total. The summed E-state index contributed by atoms with van der Waals surface area (Å²) in [5.41, 5.74) is 2.49. The highest BCUT2D eigenvalue weighted by Crippen LogP contribution is 2.35. The van der Waals surface area contributed by atoms with Crippen LogP contribution in [0.1, 0.15) is 42.1 Å². The third-order valence-electron chi connectivity index (χ3n) is 6.81. The van der Waals surface area contributed by atoms with Gasteiger partial charge in [0.2, 0.25) is 0 Å². The zero-order valence-corrected chi connectivity index (χ0v) is 27.3. The van der Waals surface area contributed by atoms with Crippen LogP contribution in [0.15, 0.2) is 90.7 Å². The molecule has 0 spiro atoms. The molecule has 43 heavy (non-hydrogen) atoms. The second-order valence-corrected chi connectivity index (χ2v) is 12.5. The number of halogens is 2. The molecule has 0 fully saturated rings. The zero-order valence-electron chi connectivity index (χ0n) is 23.3. The third kappa shape index (κ3) is 6.27. The summed E-state index contributed by atoms with van der Waals surface area (Å²) in [5.74, 6) is -0.0919. The Hall–Kier alpha value is -3.87. The van der Waals surface area contributed by atoms with Gasteiger partial charge in [0.15, 0.2) is 4.80 Å². The number of carbonyl (C=O) groups is 1. The zero-order chi connectivity index (χ0) is 30.8. The second kappa shape index (κ2) is 12.8. The van der Waals surface area contributed by atoms with Gasteiger partial charge in [0.25, 0.3) is 11.2 Å². The summed E-state index contributed by atoms with van der Waals surface area (Å²) in [4.78, 5) is 43.5. The number of ether oxygens (including phenoxy) is 2. The first-order valence-electron chi connectivity index (χ1n) is 13.2. The van der Waals surface area contributed by atoms with Crippen LogP contribution in [-0.2, 0) is 16.1 Å². The predicted octanol–water partition coefficient (Wildman–Crippen LogP) is 6.12. The van der Waals surface area contributed by atoms with Crippen molar-refractivity contribution in [3.05, 3.63) is 133 Å². The molecular formula is C31H25Br2N3O6S. The molecule has 0 unspecified atom stereocenters. The SMILES string of the molecule is CCOC(=O)C1=C(C)N=c2s/c(=C/c3cc(Br)cc(Br)c3OCc3ccccc3)c(=O)n2[C@@H]1c1ccc(C)c([N+](=O)[O-])c1. The van der Waals surface area contributed by atoms with Gasteiger partial charge in [0.1, 0.15) is 12.4 Å². The van der Waals surface area contributed by atoms with E-state index in [-0.39, 0.29) is 17.9 Å². The maximum atomic E-state index is 14.1. The molecule has 12 heteroatoms. The number of aromatic nitrogens is 1. The number of carbonyl (C=O) groups excluding carboxylic acids is 1. The van der Waals surface area contributed by atoms with Gasteiger partial charge in [-0.3, -0.25) is 19.5 Å². The van der Waals surface area contributed by atoms with E-state index in [1.54, 1.807) is 39.0 Å². The Morgan fingerprint density at radius 3 is 2.58 bits per heavy atom. The molecule has 2 heterocycles. The lowest BCUT2D eigenvalue weighted by atomic mass is 9.94. The highest BCUT2D eigenvalue weighted by atomic mass is 79.9. The van der Waals surface area contributed by atoms with Crippen molar-refractivity contribution in [2.24, 2.45) is 4.99 Å². The fraction of sp³-hybridized carbons (Fsp3) is 0.194. The van der Waals surface area contributed by atoms with Crippen molar-refractivity contribution >= 4 is 60.9 Å². The summed E-state index contributed by atoms with van der Waals surface area (Å²) in [7, 11) is 0. The van der Waals surface area contributed by atoms with Crippen LogP contribution in [0.2, 0.25) is 0 Å². The molecule has 4 aromatic rings. The summed E-state index contributed by atoms with van der Waals surface area (Å²) >= 11 is 8.27. The number of thiazole rings is 1. The lowest BCUT2D eigenvalue weighted by Crippen LogP contribution is -2.40. The quantitative estimate of drug-likeness (QED) is 0.123. The third-order valence-corrected chi connectivity index (χ3v) is 8.84. The Morgan fingerprint density at radius 1 is 1.14 bits per heavy atom. The van der Waals surface area contributed by atoms with E-state index in [4.69, 9.17) is 9.47 Å². The molecule has 1 aromatic heterocycles. The molecular weight excluding hydrogens is 702 g/mol. The van der Waals surface area contributed by atoms with E-state index in [0.29, 0.717) is 48.6 Å². The molecule has 0 saturated heterocycles. The number of allylic oxidation sites excluding steroid dienone is 1. The first kappa shape index (κ1) is 30.6. The van der Waals surface area contributed by atoms with Crippen LogP contribution >= 0.6 is 43.2 Å². The number of benzene rings is 3. The molecule has 1 atom stereocenters. The van der Waals surface area contributed by atoms with Crippen molar-refractivity contribution in [2.45, 2.75) is 33.4 Å². The number of nitro benzene ring substituents is 1. The van der Waals surface area contributed by atoms with Gasteiger partial charge < -0.3 is 9.47 Å². The van der Waals surface area contributed by atoms with E-state index in [2.05, 4.69) is 36.9 Å². The van der Waals surface area contributed by atoms with Crippen molar-refractivity contribution in [3.63, 3.8) is 0 Å². The van der Waals surface area contributed by atoms with Gasteiger partial charge >= 0.3 is 5.97 Å². The van der Waals surface area contributed by atoms with Gasteiger partial charge in [0, 0.05) is 21.7 Å². The van der Waals surface area contributed by atoms with Crippen LogP contribution in [0.25, 0.3) is 6.08 Å². The Bertz CT molecular complexity index is 1970. The topological polar surface area (TPSA) is 113 Å². The molecule has 0 amide bonds. The van der Waals surface area contributed by atoms with Gasteiger partial charge in [-0.1, -0.05) is 69.7 Å². The van der Waals surface area contributed by atoms with Crippen molar-refractivity contribution in [1.29, 1.82) is 0 Å². The minimum atomic E-state index is -0.972. The van der Waals surface area contributed by atoms with Gasteiger partial charge in [-0.15, -0.1) is 0 Å². The number of hydrogen-bond acceptors (Lipinski definition) is 8. The molecule has 1 aliphatic heterocycles. The fourth-order valence-electron chi connectivity index (χ4n) is 4.81. The summed E-state index contributed by atoms with van der Waals surface area (Å²) in [5, 5.41) is 11.8. The maximum absolute atomic E-state index is 14.1. The monoisotopic (exact) mass is 725 g/mol. The average molecular weight is 727 g/mol. The molecule has 1 aliphatic rings.